The average molecular weight is 303 g/mol. The zero-order valence-corrected chi connectivity index (χ0v) is 13.1. The van der Waals surface area contributed by atoms with Crippen LogP contribution in [-0.4, -0.2) is 39.1 Å². The lowest BCUT2D eigenvalue weighted by atomic mass is 10.00. The van der Waals surface area contributed by atoms with Crippen molar-refractivity contribution in [2.75, 3.05) is 13.1 Å². The number of nitrogens with one attached hydrogen (secondary N) is 1. The first kappa shape index (κ1) is 14.7. The third-order valence-corrected chi connectivity index (χ3v) is 3.89. The maximum Gasteiger partial charge on any atom is 0.410 e. The van der Waals surface area contributed by atoms with Gasteiger partial charge in [0.25, 0.3) is 0 Å². The van der Waals surface area contributed by atoms with Crippen LogP contribution in [0, 0.1) is 0 Å². The van der Waals surface area contributed by atoms with Crippen molar-refractivity contribution in [2.24, 2.45) is 0 Å². The van der Waals surface area contributed by atoms with Crippen molar-refractivity contribution in [2.45, 2.75) is 38.7 Å². The summed E-state index contributed by atoms with van der Waals surface area (Å²) in [6.45, 7) is 6.88. The zero-order valence-electron chi connectivity index (χ0n) is 13.1. The quantitative estimate of drug-likeness (QED) is 0.879. The Bertz CT molecular complexity index is 754. The molecule has 3 heterocycles. The summed E-state index contributed by atoms with van der Waals surface area (Å²) >= 11 is 0. The molecular formula is C16H21N3O3. The summed E-state index contributed by atoms with van der Waals surface area (Å²) in [5.74, 6) is 0.210. The number of aromatic nitrogens is 2. The molecule has 0 saturated carbocycles. The number of likely N-dealkylation sites (tertiary alicyclic amines) is 1. The SMILES string of the molecule is CC(C)(C)OC(=O)N1CCC(c2c[nH]c(=O)n3cccc23)C1. The van der Waals surface area contributed by atoms with Gasteiger partial charge in [0, 0.05) is 31.4 Å². The smallest absolute Gasteiger partial charge is 0.410 e. The van der Waals surface area contributed by atoms with Crippen LogP contribution in [0.1, 0.15) is 38.7 Å². The van der Waals surface area contributed by atoms with Crippen molar-refractivity contribution in [3.63, 3.8) is 0 Å². The van der Waals surface area contributed by atoms with Crippen LogP contribution in [0.2, 0.25) is 0 Å². The van der Waals surface area contributed by atoms with Gasteiger partial charge in [-0.25, -0.2) is 9.59 Å². The first-order chi connectivity index (χ1) is 10.3. The number of rotatable bonds is 1. The Morgan fingerprint density at radius 1 is 1.41 bits per heavy atom. The number of carbonyl (C=O) groups is 1. The van der Waals surface area contributed by atoms with Gasteiger partial charge in [0.2, 0.25) is 0 Å². The van der Waals surface area contributed by atoms with Crippen LogP contribution >= 0.6 is 0 Å². The van der Waals surface area contributed by atoms with Crippen molar-refractivity contribution < 1.29 is 9.53 Å². The molecule has 1 unspecified atom stereocenters. The molecule has 6 nitrogen and oxygen atoms in total. The Labute approximate surface area is 128 Å². The second-order valence-corrected chi connectivity index (χ2v) is 6.72. The lowest BCUT2D eigenvalue weighted by Gasteiger charge is -2.24. The molecule has 1 amide bonds. The van der Waals surface area contributed by atoms with Gasteiger partial charge in [0.05, 0.1) is 5.52 Å². The molecule has 2 aromatic heterocycles. The monoisotopic (exact) mass is 303 g/mol. The van der Waals surface area contributed by atoms with Crippen LogP contribution in [0.15, 0.2) is 29.3 Å². The fourth-order valence-corrected chi connectivity index (χ4v) is 2.91. The molecule has 1 aliphatic heterocycles. The molecule has 1 N–H and O–H groups in total. The topological polar surface area (TPSA) is 66.8 Å². The molecule has 6 heteroatoms. The van der Waals surface area contributed by atoms with Gasteiger partial charge in [0.15, 0.2) is 0 Å². The van der Waals surface area contributed by atoms with E-state index in [1.54, 1.807) is 21.7 Å². The standard InChI is InChI=1S/C16H21N3O3/c1-16(2,3)22-15(21)18-8-6-11(10-18)12-9-17-14(20)19-7-4-5-13(12)19/h4-5,7,9,11H,6,8,10H2,1-3H3,(H,17,20). The highest BCUT2D eigenvalue weighted by Crippen LogP contribution is 2.30. The Morgan fingerprint density at radius 3 is 2.91 bits per heavy atom. The third-order valence-electron chi connectivity index (χ3n) is 3.89. The average Bonchev–Trinajstić information content (AvgIpc) is 3.06. The normalized spacial score (nSPS) is 18.9. The van der Waals surface area contributed by atoms with Gasteiger partial charge in [-0.15, -0.1) is 0 Å². The van der Waals surface area contributed by atoms with E-state index in [1.807, 2.05) is 32.9 Å². The summed E-state index contributed by atoms with van der Waals surface area (Å²) in [5.41, 5.74) is 1.34. The maximum absolute atomic E-state index is 12.1. The first-order valence-corrected chi connectivity index (χ1v) is 7.52. The molecule has 1 fully saturated rings. The zero-order chi connectivity index (χ0) is 15.9. The Kier molecular flexibility index (Phi) is 3.47. The Morgan fingerprint density at radius 2 is 2.18 bits per heavy atom. The lowest BCUT2D eigenvalue weighted by Crippen LogP contribution is -2.35. The van der Waals surface area contributed by atoms with E-state index in [0.29, 0.717) is 13.1 Å². The molecule has 1 saturated heterocycles. The minimum Gasteiger partial charge on any atom is -0.444 e. The van der Waals surface area contributed by atoms with Crippen LogP contribution in [-0.2, 0) is 4.74 Å². The van der Waals surface area contributed by atoms with E-state index in [2.05, 4.69) is 4.98 Å². The number of nitrogens with zero attached hydrogens (tertiary/aromatic N) is 2. The van der Waals surface area contributed by atoms with Gasteiger partial charge in [-0.1, -0.05) is 0 Å². The summed E-state index contributed by atoms with van der Waals surface area (Å²) < 4.78 is 7.02. The van der Waals surface area contributed by atoms with Crippen LogP contribution in [0.4, 0.5) is 4.79 Å². The molecule has 0 aromatic carbocycles. The van der Waals surface area contributed by atoms with Crippen molar-refractivity contribution in [3.05, 3.63) is 40.6 Å². The number of H-pyrrole nitrogens is 1. The number of hydrogen-bond acceptors (Lipinski definition) is 3. The van der Waals surface area contributed by atoms with Gasteiger partial charge >= 0.3 is 11.8 Å². The van der Waals surface area contributed by atoms with Crippen molar-refractivity contribution in [1.82, 2.24) is 14.3 Å². The summed E-state index contributed by atoms with van der Waals surface area (Å²) in [6.07, 6.45) is 4.11. The number of ether oxygens (including phenoxy) is 1. The second kappa shape index (κ2) is 5.19. The Balaban J connectivity index is 1.80. The summed E-state index contributed by atoms with van der Waals surface area (Å²) in [5, 5.41) is 0. The number of amides is 1. The first-order valence-electron chi connectivity index (χ1n) is 7.52. The van der Waals surface area contributed by atoms with E-state index in [4.69, 9.17) is 4.74 Å². The van der Waals surface area contributed by atoms with Gasteiger partial charge in [-0.2, -0.15) is 0 Å². The van der Waals surface area contributed by atoms with Crippen molar-refractivity contribution in [1.29, 1.82) is 0 Å². The summed E-state index contributed by atoms with van der Waals surface area (Å²) in [4.78, 5) is 28.4. The molecule has 118 valence electrons. The second-order valence-electron chi connectivity index (χ2n) is 6.72. The minimum atomic E-state index is -0.484. The minimum absolute atomic E-state index is 0.147. The largest absolute Gasteiger partial charge is 0.444 e. The predicted molar refractivity (Wildman–Crippen MR) is 83.2 cm³/mol. The van der Waals surface area contributed by atoms with E-state index in [-0.39, 0.29) is 17.7 Å². The fraction of sp³-hybridized carbons (Fsp3) is 0.500. The molecule has 0 radical (unpaired) electrons. The highest BCUT2D eigenvalue weighted by atomic mass is 16.6. The molecule has 2 aromatic rings. The maximum atomic E-state index is 12.1. The van der Waals surface area contributed by atoms with Crippen molar-refractivity contribution in [3.8, 4) is 0 Å². The van der Waals surface area contributed by atoms with E-state index >= 15 is 0 Å². The van der Waals surface area contributed by atoms with Gasteiger partial charge in [0.1, 0.15) is 5.60 Å². The molecule has 1 aliphatic rings. The van der Waals surface area contributed by atoms with E-state index in [0.717, 1.165) is 17.5 Å². The fourth-order valence-electron chi connectivity index (χ4n) is 2.91. The Hall–Kier alpha value is -2.24. The molecule has 1 atom stereocenters. The van der Waals surface area contributed by atoms with Crippen LogP contribution in [0.25, 0.3) is 5.52 Å². The summed E-state index contributed by atoms with van der Waals surface area (Å²) in [6, 6.07) is 3.79. The number of carbonyl (C=O) groups excluding carboxylic acids is 1. The van der Waals surface area contributed by atoms with Gasteiger partial charge in [-0.05, 0) is 44.9 Å². The molecule has 3 rings (SSSR count). The van der Waals surface area contributed by atoms with Crippen LogP contribution < -0.4 is 5.69 Å². The van der Waals surface area contributed by atoms with E-state index in [9.17, 15) is 9.59 Å². The number of hydrogen-bond donors (Lipinski definition) is 1. The molecule has 0 aliphatic carbocycles. The summed E-state index contributed by atoms with van der Waals surface area (Å²) in [7, 11) is 0. The molecular weight excluding hydrogens is 282 g/mol. The van der Waals surface area contributed by atoms with Crippen LogP contribution in [0.5, 0.6) is 0 Å². The highest BCUT2D eigenvalue weighted by Gasteiger charge is 2.31. The van der Waals surface area contributed by atoms with Crippen LogP contribution in [0.3, 0.4) is 0 Å². The number of fused-ring (bicyclic) bond motifs is 1. The lowest BCUT2D eigenvalue weighted by molar-refractivity contribution is 0.0292. The van der Waals surface area contributed by atoms with Gasteiger partial charge in [-0.3, -0.25) is 4.40 Å². The number of aromatic amines is 1. The van der Waals surface area contributed by atoms with E-state index in [1.165, 1.54) is 0 Å². The van der Waals surface area contributed by atoms with E-state index < -0.39 is 5.60 Å². The van der Waals surface area contributed by atoms with Gasteiger partial charge < -0.3 is 14.6 Å². The molecule has 0 bridgehead atoms. The van der Waals surface area contributed by atoms with Crippen molar-refractivity contribution >= 4 is 11.6 Å². The predicted octanol–water partition coefficient (Wildman–Crippen LogP) is 2.35. The third kappa shape index (κ3) is 2.73. The highest BCUT2D eigenvalue weighted by molar-refractivity contribution is 5.69. The molecule has 22 heavy (non-hydrogen) atoms. The molecule has 0 spiro atoms.